The Kier molecular flexibility index (Phi) is 7.44. The Balaban J connectivity index is 1.16. The summed E-state index contributed by atoms with van der Waals surface area (Å²) in [6.45, 7) is 0. The van der Waals surface area contributed by atoms with E-state index in [0.717, 1.165) is 66.8 Å². The van der Waals surface area contributed by atoms with E-state index in [9.17, 15) is 10.2 Å². The molecule has 0 radical (unpaired) electrons. The first-order chi connectivity index (χ1) is 23.6. The molecule has 0 aliphatic carbocycles. The average Bonchev–Trinajstić information content (AvgIpc) is 3.13. The summed E-state index contributed by atoms with van der Waals surface area (Å²) in [5, 5.41) is 24.1. The highest BCUT2D eigenvalue weighted by molar-refractivity contribution is 5.93. The molecule has 0 saturated carbocycles. The highest BCUT2D eigenvalue weighted by atomic mass is 16.3. The fraction of sp³-hybridized carbons (Fsp3) is 0. The molecular formula is C44H32N2O2. The Hall–Kier alpha value is -6.52. The Labute approximate surface area is 279 Å². The lowest BCUT2D eigenvalue weighted by atomic mass is 10.0. The molecule has 8 aromatic rings. The molecule has 2 N–H and O–H groups in total. The van der Waals surface area contributed by atoms with Crippen molar-refractivity contribution in [3.63, 3.8) is 0 Å². The van der Waals surface area contributed by atoms with E-state index in [-0.39, 0.29) is 11.5 Å². The van der Waals surface area contributed by atoms with E-state index in [4.69, 9.17) is 0 Å². The first kappa shape index (κ1) is 28.9. The molecule has 4 heteroatoms. The van der Waals surface area contributed by atoms with Gasteiger partial charge in [0, 0.05) is 34.1 Å². The molecule has 0 heterocycles. The lowest BCUT2D eigenvalue weighted by Crippen LogP contribution is -2.10. The number of phenols is 2. The molecule has 0 spiro atoms. The van der Waals surface area contributed by atoms with Gasteiger partial charge >= 0.3 is 0 Å². The molecule has 8 aromatic carbocycles. The molecule has 230 valence electrons. The van der Waals surface area contributed by atoms with Gasteiger partial charge in [-0.25, -0.2) is 0 Å². The molecule has 0 atom stereocenters. The van der Waals surface area contributed by atoms with Crippen LogP contribution in [0.25, 0.3) is 32.7 Å². The highest BCUT2D eigenvalue weighted by Crippen LogP contribution is 2.40. The van der Waals surface area contributed by atoms with E-state index in [2.05, 4.69) is 131 Å². The monoisotopic (exact) mass is 620 g/mol. The lowest BCUT2D eigenvalue weighted by Gasteiger charge is -2.26. The van der Waals surface area contributed by atoms with Gasteiger partial charge in [0.2, 0.25) is 0 Å². The Morgan fingerprint density at radius 2 is 0.583 bits per heavy atom. The van der Waals surface area contributed by atoms with Gasteiger partial charge in [-0.2, -0.15) is 0 Å². The van der Waals surface area contributed by atoms with Crippen LogP contribution in [0.4, 0.5) is 34.1 Å². The lowest BCUT2D eigenvalue weighted by molar-refractivity contribution is 0.475. The Bertz CT molecular complexity index is 2230. The van der Waals surface area contributed by atoms with Crippen LogP contribution in [0.3, 0.4) is 0 Å². The summed E-state index contributed by atoms with van der Waals surface area (Å²) in [4.78, 5) is 4.50. The van der Waals surface area contributed by atoms with Gasteiger partial charge in [0.05, 0.1) is 0 Å². The quantitative estimate of drug-likeness (QED) is 0.186. The third-order valence-corrected chi connectivity index (χ3v) is 8.74. The fourth-order valence-corrected chi connectivity index (χ4v) is 6.37. The molecule has 0 saturated heterocycles. The standard InChI is InChI=1S/C44H32N2O2/c47-43-25-17-33-27-41(23-15-35(33)29-43)46(42-24-16-36-30-44(48)26-18-34(36)28-42)40-21-13-32(14-22-40)31-11-19-39(20-12-31)45(37-7-3-1-4-8-37)38-9-5-2-6-10-38/h1-30,47-48H. The molecule has 0 bridgehead atoms. The zero-order chi connectivity index (χ0) is 32.5. The second-order valence-corrected chi connectivity index (χ2v) is 11.9. The van der Waals surface area contributed by atoms with Crippen LogP contribution in [-0.4, -0.2) is 10.2 Å². The van der Waals surface area contributed by atoms with Crippen LogP contribution in [0.15, 0.2) is 182 Å². The van der Waals surface area contributed by atoms with Gasteiger partial charge in [-0.3, -0.25) is 0 Å². The number of hydrogen-bond donors (Lipinski definition) is 2. The number of benzene rings is 8. The van der Waals surface area contributed by atoms with Crippen molar-refractivity contribution in [2.45, 2.75) is 0 Å². The van der Waals surface area contributed by atoms with Crippen molar-refractivity contribution in [1.29, 1.82) is 0 Å². The smallest absolute Gasteiger partial charge is 0.116 e. The van der Waals surface area contributed by atoms with Crippen LogP contribution >= 0.6 is 0 Å². The first-order valence-electron chi connectivity index (χ1n) is 16.0. The number of rotatable bonds is 7. The van der Waals surface area contributed by atoms with Crippen molar-refractivity contribution < 1.29 is 10.2 Å². The molecule has 0 amide bonds. The third-order valence-electron chi connectivity index (χ3n) is 8.74. The fourth-order valence-electron chi connectivity index (χ4n) is 6.37. The zero-order valence-corrected chi connectivity index (χ0v) is 26.1. The number of hydrogen-bond acceptors (Lipinski definition) is 4. The van der Waals surface area contributed by atoms with Gasteiger partial charge in [-0.15, -0.1) is 0 Å². The largest absolute Gasteiger partial charge is 0.508 e. The summed E-state index contributed by atoms with van der Waals surface area (Å²) in [6, 6.07) is 61.7. The van der Waals surface area contributed by atoms with Crippen molar-refractivity contribution in [3.05, 3.63) is 182 Å². The summed E-state index contributed by atoms with van der Waals surface area (Å²) in [5.41, 5.74) is 8.59. The number of para-hydroxylation sites is 2. The maximum absolute atomic E-state index is 10.0. The SMILES string of the molecule is Oc1ccc2cc(N(c3ccc(-c4ccc(N(c5ccccc5)c5ccccc5)cc4)cc3)c3ccc4cc(O)ccc4c3)ccc2c1. The van der Waals surface area contributed by atoms with Gasteiger partial charge in [-0.1, -0.05) is 84.9 Å². The number of aromatic hydroxyl groups is 2. The van der Waals surface area contributed by atoms with Gasteiger partial charge in [0.15, 0.2) is 0 Å². The summed E-state index contributed by atoms with van der Waals surface area (Å²) in [6.07, 6.45) is 0. The van der Waals surface area contributed by atoms with Crippen LogP contribution in [0, 0.1) is 0 Å². The molecule has 0 aromatic heterocycles. The second-order valence-electron chi connectivity index (χ2n) is 11.9. The van der Waals surface area contributed by atoms with Crippen molar-refractivity contribution in [1.82, 2.24) is 0 Å². The zero-order valence-electron chi connectivity index (χ0n) is 26.1. The average molecular weight is 621 g/mol. The summed E-state index contributed by atoms with van der Waals surface area (Å²) in [5.74, 6) is 0.502. The van der Waals surface area contributed by atoms with E-state index < -0.39 is 0 Å². The van der Waals surface area contributed by atoms with Crippen molar-refractivity contribution in [2.75, 3.05) is 9.80 Å². The number of anilines is 6. The molecule has 0 fully saturated rings. The number of nitrogens with zero attached hydrogens (tertiary/aromatic N) is 2. The third kappa shape index (κ3) is 5.68. The molecular weight excluding hydrogens is 588 g/mol. The maximum atomic E-state index is 10.0. The van der Waals surface area contributed by atoms with Crippen LogP contribution < -0.4 is 9.80 Å². The molecule has 0 unspecified atom stereocenters. The van der Waals surface area contributed by atoms with Crippen LogP contribution in [0.2, 0.25) is 0 Å². The normalized spacial score (nSPS) is 11.1. The van der Waals surface area contributed by atoms with Crippen LogP contribution in [0.5, 0.6) is 11.5 Å². The van der Waals surface area contributed by atoms with E-state index >= 15 is 0 Å². The van der Waals surface area contributed by atoms with Crippen molar-refractivity contribution in [2.24, 2.45) is 0 Å². The van der Waals surface area contributed by atoms with Crippen molar-refractivity contribution in [3.8, 4) is 22.6 Å². The van der Waals surface area contributed by atoms with E-state index in [1.807, 2.05) is 36.4 Å². The summed E-state index contributed by atoms with van der Waals surface area (Å²) < 4.78 is 0. The first-order valence-corrected chi connectivity index (χ1v) is 16.0. The van der Waals surface area contributed by atoms with Gasteiger partial charge < -0.3 is 20.0 Å². The van der Waals surface area contributed by atoms with E-state index in [1.54, 1.807) is 24.3 Å². The second kappa shape index (κ2) is 12.3. The summed E-state index contributed by atoms with van der Waals surface area (Å²) in [7, 11) is 0. The molecule has 0 aliphatic heterocycles. The van der Waals surface area contributed by atoms with E-state index in [1.165, 1.54) is 0 Å². The minimum absolute atomic E-state index is 0.251. The van der Waals surface area contributed by atoms with Gasteiger partial charge in [0.25, 0.3) is 0 Å². The molecule has 48 heavy (non-hydrogen) atoms. The summed E-state index contributed by atoms with van der Waals surface area (Å²) >= 11 is 0. The molecule has 4 nitrogen and oxygen atoms in total. The molecule has 0 aliphatic rings. The minimum Gasteiger partial charge on any atom is -0.508 e. The number of fused-ring (bicyclic) bond motifs is 2. The van der Waals surface area contributed by atoms with Gasteiger partial charge in [0.1, 0.15) is 11.5 Å². The van der Waals surface area contributed by atoms with Crippen molar-refractivity contribution >= 4 is 55.7 Å². The van der Waals surface area contributed by atoms with E-state index in [0.29, 0.717) is 0 Å². The van der Waals surface area contributed by atoms with Gasteiger partial charge in [-0.05, 0) is 130 Å². The topological polar surface area (TPSA) is 46.9 Å². The molecule has 8 rings (SSSR count). The Morgan fingerprint density at radius 1 is 0.271 bits per heavy atom. The predicted molar refractivity (Wildman–Crippen MR) is 200 cm³/mol. The maximum Gasteiger partial charge on any atom is 0.116 e. The van der Waals surface area contributed by atoms with Crippen LogP contribution in [-0.2, 0) is 0 Å². The number of phenolic OH excluding ortho intramolecular Hbond substituents is 2. The van der Waals surface area contributed by atoms with Crippen LogP contribution in [0.1, 0.15) is 0 Å². The Morgan fingerprint density at radius 3 is 1.00 bits per heavy atom. The minimum atomic E-state index is 0.251. The predicted octanol–water partition coefficient (Wildman–Crippen LogP) is 12.0. The highest BCUT2D eigenvalue weighted by Gasteiger charge is 2.16.